The third-order valence-electron chi connectivity index (χ3n) is 4.27. The molecule has 1 saturated heterocycles. The molecule has 2 atom stereocenters. The average Bonchev–Trinajstić information content (AvgIpc) is 2.63. The Bertz CT molecular complexity index is 198. The van der Waals surface area contributed by atoms with Crippen LogP contribution in [0.1, 0.15) is 25.7 Å². The van der Waals surface area contributed by atoms with E-state index in [0.717, 1.165) is 23.9 Å². The maximum Gasteiger partial charge on any atom is 0.0209 e. The first-order valence-corrected chi connectivity index (χ1v) is 5.76. The second-order valence-electron chi connectivity index (χ2n) is 5.35. The lowest BCUT2D eigenvalue weighted by molar-refractivity contribution is 0.273. The zero-order chi connectivity index (χ0) is 8.84. The van der Waals surface area contributed by atoms with Crippen LogP contribution in [0.25, 0.3) is 0 Å². The van der Waals surface area contributed by atoms with Crippen molar-refractivity contribution in [2.45, 2.75) is 37.8 Å². The number of likely N-dealkylation sites (tertiary alicyclic amines) is 1. The molecule has 3 saturated carbocycles. The lowest BCUT2D eigenvalue weighted by Gasteiger charge is -2.26. The molecule has 2 nitrogen and oxygen atoms in total. The highest BCUT2D eigenvalue weighted by atomic mass is 15.2. The molecule has 0 aromatic carbocycles. The summed E-state index contributed by atoms with van der Waals surface area (Å²) in [6.07, 6.45) is 5.90. The Morgan fingerprint density at radius 2 is 2.08 bits per heavy atom. The third-order valence-corrected chi connectivity index (χ3v) is 4.27. The zero-order valence-corrected chi connectivity index (χ0v) is 8.50. The lowest BCUT2D eigenvalue weighted by Crippen LogP contribution is -2.40. The Morgan fingerprint density at radius 1 is 1.23 bits per heavy atom. The van der Waals surface area contributed by atoms with E-state index in [1.807, 2.05) is 0 Å². The van der Waals surface area contributed by atoms with Gasteiger partial charge in [0.15, 0.2) is 0 Å². The largest absolute Gasteiger partial charge is 0.310 e. The van der Waals surface area contributed by atoms with E-state index in [1.165, 1.54) is 38.8 Å². The van der Waals surface area contributed by atoms with E-state index in [4.69, 9.17) is 0 Å². The molecule has 1 unspecified atom stereocenters. The lowest BCUT2D eigenvalue weighted by atomic mass is 9.84. The van der Waals surface area contributed by atoms with Crippen molar-refractivity contribution in [3.63, 3.8) is 0 Å². The first-order chi connectivity index (χ1) is 6.31. The molecule has 2 bridgehead atoms. The van der Waals surface area contributed by atoms with Gasteiger partial charge in [-0.3, -0.25) is 0 Å². The van der Waals surface area contributed by atoms with Gasteiger partial charge in [-0.25, -0.2) is 0 Å². The topological polar surface area (TPSA) is 15.3 Å². The van der Waals surface area contributed by atoms with Crippen LogP contribution in [0.4, 0.5) is 0 Å². The molecule has 0 amide bonds. The van der Waals surface area contributed by atoms with Gasteiger partial charge in [0.2, 0.25) is 0 Å². The Labute approximate surface area is 80.7 Å². The number of nitrogens with zero attached hydrogens (tertiary/aromatic N) is 1. The van der Waals surface area contributed by atoms with Gasteiger partial charge in [-0.2, -0.15) is 0 Å². The van der Waals surface area contributed by atoms with E-state index >= 15 is 0 Å². The van der Waals surface area contributed by atoms with Crippen LogP contribution in [-0.4, -0.2) is 37.1 Å². The van der Waals surface area contributed by atoms with E-state index in [9.17, 15) is 0 Å². The SMILES string of the molecule is CN1CC[C@@H](NC2CC3CC2C3)C1. The van der Waals surface area contributed by atoms with E-state index in [-0.39, 0.29) is 0 Å². The van der Waals surface area contributed by atoms with Crippen molar-refractivity contribution in [1.82, 2.24) is 10.2 Å². The molecule has 74 valence electrons. The quantitative estimate of drug-likeness (QED) is 0.684. The molecule has 0 aromatic rings. The van der Waals surface area contributed by atoms with Crippen molar-refractivity contribution >= 4 is 0 Å². The second kappa shape index (κ2) is 2.96. The van der Waals surface area contributed by atoms with Crippen molar-refractivity contribution in [3.8, 4) is 0 Å². The van der Waals surface area contributed by atoms with Gasteiger partial charge in [-0.05, 0) is 51.1 Å². The maximum absolute atomic E-state index is 3.86. The van der Waals surface area contributed by atoms with Gasteiger partial charge in [0.05, 0.1) is 0 Å². The second-order valence-corrected chi connectivity index (χ2v) is 5.35. The molecule has 13 heavy (non-hydrogen) atoms. The number of hydrogen-bond acceptors (Lipinski definition) is 2. The summed E-state index contributed by atoms with van der Waals surface area (Å²) < 4.78 is 0. The molecule has 2 heteroatoms. The minimum Gasteiger partial charge on any atom is -0.310 e. The van der Waals surface area contributed by atoms with E-state index in [0.29, 0.717) is 0 Å². The van der Waals surface area contributed by atoms with Crippen LogP contribution in [0.3, 0.4) is 0 Å². The zero-order valence-electron chi connectivity index (χ0n) is 8.50. The maximum atomic E-state index is 3.86. The fourth-order valence-corrected chi connectivity index (χ4v) is 3.44. The first kappa shape index (κ1) is 8.25. The highest BCUT2D eigenvalue weighted by Crippen LogP contribution is 2.48. The van der Waals surface area contributed by atoms with Gasteiger partial charge in [-0.15, -0.1) is 0 Å². The van der Waals surface area contributed by atoms with Gasteiger partial charge >= 0.3 is 0 Å². The highest BCUT2D eigenvalue weighted by molar-refractivity contribution is 5.00. The predicted molar refractivity (Wildman–Crippen MR) is 53.7 cm³/mol. The summed E-state index contributed by atoms with van der Waals surface area (Å²) in [6.45, 7) is 2.56. The summed E-state index contributed by atoms with van der Waals surface area (Å²) in [4.78, 5) is 2.44. The van der Waals surface area contributed by atoms with Gasteiger partial charge in [0, 0.05) is 18.6 Å². The van der Waals surface area contributed by atoms with Gasteiger partial charge in [0.25, 0.3) is 0 Å². The standard InChI is InChI=1S/C11H20N2/c1-13-3-2-10(7-13)12-11-6-8-4-9(11)5-8/h8-12H,2-7H2,1H3/t8?,9?,10-,11?/m1/s1. The van der Waals surface area contributed by atoms with Crippen LogP contribution in [0.5, 0.6) is 0 Å². The van der Waals surface area contributed by atoms with Crippen molar-refractivity contribution in [2.24, 2.45) is 11.8 Å². The number of nitrogens with one attached hydrogen (secondary N) is 1. The number of rotatable bonds is 2. The van der Waals surface area contributed by atoms with Crippen molar-refractivity contribution < 1.29 is 0 Å². The monoisotopic (exact) mass is 180 g/mol. The smallest absolute Gasteiger partial charge is 0.0209 e. The summed E-state index contributed by atoms with van der Waals surface area (Å²) in [7, 11) is 2.23. The molecule has 1 aliphatic heterocycles. The summed E-state index contributed by atoms with van der Waals surface area (Å²) in [5.41, 5.74) is 0. The Morgan fingerprint density at radius 3 is 2.62 bits per heavy atom. The highest BCUT2D eigenvalue weighted by Gasteiger charge is 2.44. The summed E-state index contributed by atoms with van der Waals surface area (Å²) in [5, 5.41) is 3.86. The van der Waals surface area contributed by atoms with Crippen LogP contribution < -0.4 is 5.32 Å². The Kier molecular flexibility index (Phi) is 1.88. The molecule has 4 fully saturated rings. The average molecular weight is 180 g/mol. The molecular formula is C11H20N2. The molecule has 4 aliphatic rings. The fourth-order valence-electron chi connectivity index (χ4n) is 3.44. The van der Waals surface area contributed by atoms with Gasteiger partial charge in [0.1, 0.15) is 0 Å². The minimum atomic E-state index is 0.800. The summed E-state index contributed by atoms with van der Waals surface area (Å²) in [5.74, 6) is 2.15. The van der Waals surface area contributed by atoms with Gasteiger partial charge in [-0.1, -0.05) is 0 Å². The van der Waals surface area contributed by atoms with Crippen LogP contribution in [0.2, 0.25) is 0 Å². The number of hydrogen-bond donors (Lipinski definition) is 1. The Hall–Kier alpha value is -0.0800. The van der Waals surface area contributed by atoms with Crippen LogP contribution in [0, 0.1) is 11.8 Å². The normalized spacial score (nSPS) is 49.6. The third kappa shape index (κ3) is 1.40. The van der Waals surface area contributed by atoms with E-state index in [2.05, 4.69) is 17.3 Å². The van der Waals surface area contributed by atoms with Crippen molar-refractivity contribution in [3.05, 3.63) is 0 Å². The fraction of sp³-hybridized carbons (Fsp3) is 1.00. The molecule has 0 aromatic heterocycles. The molecule has 1 N–H and O–H groups in total. The van der Waals surface area contributed by atoms with Crippen molar-refractivity contribution in [1.29, 1.82) is 0 Å². The Balaban J connectivity index is 1.52. The van der Waals surface area contributed by atoms with E-state index in [1.54, 1.807) is 0 Å². The first-order valence-electron chi connectivity index (χ1n) is 5.76. The van der Waals surface area contributed by atoms with Crippen LogP contribution in [-0.2, 0) is 0 Å². The summed E-state index contributed by atoms with van der Waals surface area (Å²) >= 11 is 0. The predicted octanol–water partition coefficient (Wildman–Crippen LogP) is 1.08. The molecule has 3 aliphatic carbocycles. The number of fused-ring (bicyclic) bond motifs is 1. The molecule has 0 spiro atoms. The molecule has 1 heterocycles. The van der Waals surface area contributed by atoms with Crippen molar-refractivity contribution in [2.75, 3.05) is 20.1 Å². The van der Waals surface area contributed by atoms with Crippen LogP contribution >= 0.6 is 0 Å². The van der Waals surface area contributed by atoms with E-state index < -0.39 is 0 Å². The minimum absolute atomic E-state index is 0.800. The van der Waals surface area contributed by atoms with Gasteiger partial charge < -0.3 is 10.2 Å². The molecular weight excluding hydrogens is 160 g/mol. The molecule has 4 rings (SSSR count). The number of likely N-dealkylation sites (N-methyl/N-ethyl adjacent to an activating group) is 1. The summed E-state index contributed by atoms with van der Waals surface area (Å²) in [6, 6.07) is 1.69. The van der Waals surface area contributed by atoms with Crippen LogP contribution in [0.15, 0.2) is 0 Å². The molecule has 0 radical (unpaired) electrons.